The Bertz CT molecular complexity index is 344. The number of amides is 2. The zero-order valence-electron chi connectivity index (χ0n) is 15.1. The standard InChI is InChI=1S/C19H35NO2/c1-5-7-8-9-10-11-12-13-16-14-17(21)20(18(22)15-16)19(3,4)6-2/h16H,5-15H2,1-4H3. The predicted molar refractivity (Wildman–Crippen MR) is 91.6 cm³/mol. The van der Waals surface area contributed by atoms with E-state index in [0.29, 0.717) is 12.8 Å². The van der Waals surface area contributed by atoms with Gasteiger partial charge in [-0.25, -0.2) is 0 Å². The second-order valence-electron chi connectivity index (χ2n) is 7.47. The highest BCUT2D eigenvalue weighted by Crippen LogP contribution is 2.30. The van der Waals surface area contributed by atoms with Crippen molar-refractivity contribution in [1.82, 2.24) is 4.90 Å². The molecule has 0 saturated carbocycles. The predicted octanol–water partition coefficient (Wildman–Crippen LogP) is 5.08. The Morgan fingerprint density at radius 3 is 1.91 bits per heavy atom. The van der Waals surface area contributed by atoms with Gasteiger partial charge < -0.3 is 0 Å². The van der Waals surface area contributed by atoms with Gasteiger partial charge in [0.05, 0.1) is 0 Å². The van der Waals surface area contributed by atoms with Crippen LogP contribution in [-0.2, 0) is 9.59 Å². The molecule has 22 heavy (non-hydrogen) atoms. The second kappa shape index (κ2) is 9.32. The average Bonchev–Trinajstić information content (AvgIpc) is 2.45. The number of nitrogens with zero attached hydrogens (tertiary/aromatic N) is 1. The van der Waals surface area contributed by atoms with Gasteiger partial charge in [-0.15, -0.1) is 0 Å². The number of likely N-dealkylation sites (tertiary alicyclic amines) is 1. The topological polar surface area (TPSA) is 37.4 Å². The molecule has 128 valence electrons. The Morgan fingerprint density at radius 1 is 0.909 bits per heavy atom. The number of piperidine rings is 1. The molecule has 0 aliphatic carbocycles. The van der Waals surface area contributed by atoms with Crippen LogP contribution in [0.3, 0.4) is 0 Å². The third-order valence-corrected chi connectivity index (χ3v) is 5.11. The van der Waals surface area contributed by atoms with Crippen molar-refractivity contribution in [2.75, 3.05) is 0 Å². The smallest absolute Gasteiger partial charge is 0.229 e. The lowest BCUT2D eigenvalue weighted by Crippen LogP contribution is -2.54. The summed E-state index contributed by atoms with van der Waals surface area (Å²) in [5, 5.41) is 0. The van der Waals surface area contributed by atoms with Crippen LogP contribution in [0, 0.1) is 5.92 Å². The Balaban J connectivity index is 2.30. The first kappa shape index (κ1) is 19.2. The van der Waals surface area contributed by atoms with Crippen LogP contribution in [0.4, 0.5) is 0 Å². The first-order valence-electron chi connectivity index (χ1n) is 9.28. The van der Waals surface area contributed by atoms with Gasteiger partial charge in [0.1, 0.15) is 0 Å². The SMILES string of the molecule is CCCCCCCCCC1CC(=O)N(C(C)(C)CC)C(=O)C1. The van der Waals surface area contributed by atoms with Crippen LogP contribution in [0.15, 0.2) is 0 Å². The van der Waals surface area contributed by atoms with Gasteiger partial charge in [-0.1, -0.05) is 58.8 Å². The van der Waals surface area contributed by atoms with Gasteiger partial charge in [0.2, 0.25) is 11.8 Å². The summed E-state index contributed by atoms with van der Waals surface area (Å²) in [4.78, 5) is 26.2. The van der Waals surface area contributed by atoms with Gasteiger partial charge in [-0.3, -0.25) is 14.5 Å². The highest BCUT2D eigenvalue weighted by Gasteiger charge is 2.39. The molecule has 0 bridgehead atoms. The summed E-state index contributed by atoms with van der Waals surface area (Å²) in [6.45, 7) is 8.24. The Morgan fingerprint density at radius 2 is 1.41 bits per heavy atom. The average molecular weight is 309 g/mol. The third kappa shape index (κ3) is 5.73. The lowest BCUT2D eigenvalue weighted by Gasteiger charge is -2.40. The fourth-order valence-corrected chi connectivity index (χ4v) is 3.32. The van der Waals surface area contributed by atoms with E-state index in [1.54, 1.807) is 0 Å². The maximum Gasteiger partial charge on any atom is 0.229 e. The maximum absolute atomic E-state index is 12.3. The van der Waals surface area contributed by atoms with E-state index in [9.17, 15) is 9.59 Å². The van der Waals surface area contributed by atoms with Gasteiger partial charge in [-0.05, 0) is 32.6 Å². The van der Waals surface area contributed by atoms with Crippen molar-refractivity contribution in [3.05, 3.63) is 0 Å². The normalized spacial score (nSPS) is 17.4. The van der Waals surface area contributed by atoms with Crippen LogP contribution in [0.1, 0.15) is 98.3 Å². The molecule has 0 aromatic heterocycles. The molecule has 3 heteroatoms. The zero-order valence-corrected chi connectivity index (χ0v) is 15.1. The van der Waals surface area contributed by atoms with Crippen molar-refractivity contribution in [2.24, 2.45) is 5.92 Å². The number of carbonyl (C=O) groups excluding carboxylic acids is 2. The summed E-state index contributed by atoms with van der Waals surface area (Å²) in [6.07, 6.45) is 12.0. The van der Waals surface area contributed by atoms with E-state index in [4.69, 9.17) is 0 Å². The van der Waals surface area contributed by atoms with Crippen LogP contribution in [0.2, 0.25) is 0 Å². The minimum atomic E-state index is -0.335. The van der Waals surface area contributed by atoms with Crippen LogP contribution in [0.25, 0.3) is 0 Å². The number of hydrogen-bond acceptors (Lipinski definition) is 2. The van der Waals surface area contributed by atoms with Crippen LogP contribution < -0.4 is 0 Å². The van der Waals surface area contributed by atoms with E-state index >= 15 is 0 Å². The zero-order chi connectivity index (χ0) is 16.6. The molecular formula is C19H35NO2. The van der Waals surface area contributed by atoms with E-state index in [-0.39, 0.29) is 23.3 Å². The van der Waals surface area contributed by atoms with E-state index < -0.39 is 0 Å². The lowest BCUT2D eigenvalue weighted by atomic mass is 9.86. The summed E-state index contributed by atoms with van der Waals surface area (Å²) >= 11 is 0. The van der Waals surface area contributed by atoms with Crippen molar-refractivity contribution in [2.45, 2.75) is 104 Å². The van der Waals surface area contributed by atoms with Crippen LogP contribution in [0.5, 0.6) is 0 Å². The number of carbonyl (C=O) groups is 2. The Kier molecular flexibility index (Phi) is 8.13. The molecule has 0 aromatic carbocycles. The fraction of sp³-hybridized carbons (Fsp3) is 0.895. The molecule has 0 spiro atoms. The first-order chi connectivity index (χ1) is 10.4. The molecule has 1 heterocycles. The molecule has 0 radical (unpaired) electrons. The molecule has 0 N–H and O–H groups in total. The largest absolute Gasteiger partial charge is 0.277 e. The second-order valence-corrected chi connectivity index (χ2v) is 7.47. The Labute approximate surface area is 136 Å². The molecule has 3 nitrogen and oxygen atoms in total. The molecule has 0 aromatic rings. The summed E-state index contributed by atoms with van der Waals surface area (Å²) < 4.78 is 0. The van der Waals surface area contributed by atoms with Crippen molar-refractivity contribution in [3.63, 3.8) is 0 Å². The fourth-order valence-electron chi connectivity index (χ4n) is 3.32. The summed E-state index contributed by atoms with van der Waals surface area (Å²) in [7, 11) is 0. The molecular weight excluding hydrogens is 274 g/mol. The van der Waals surface area contributed by atoms with Gasteiger partial charge in [0.25, 0.3) is 0 Å². The molecule has 2 amide bonds. The molecule has 1 aliphatic heterocycles. The number of imide groups is 1. The van der Waals surface area contributed by atoms with E-state index in [1.807, 2.05) is 20.8 Å². The minimum Gasteiger partial charge on any atom is -0.277 e. The molecule has 0 atom stereocenters. The first-order valence-corrected chi connectivity index (χ1v) is 9.28. The Hall–Kier alpha value is -0.860. The quantitative estimate of drug-likeness (QED) is 0.417. The lowest BCUT2D eigenvalue weighted by molar-refractivity contribution is -0.156. The van der Waals surface area contributed by atoms with Crippen molar-refractivity contribution in [1.29, 1.82) is 0 Å². The maximum atomic E-state index is 12.3. The van der Waals surface area contributed by atoms with Gasteiger partial charge in [0.15, 0.2) is 0 Å². The molecule has 1 aliphatic rings. The molecule has 0 unspecified atom stereocenters. The highest BCUT2D eigenvalue weighted by molar-refractivity contribution is 5.98. The van der Waals surface area contributed by atoms with Crippen molar-refractivity contribution in [3.8, 4) is 0 Å². The number of hydrogen-bond donors (Lipinski definition) is 0. The monoisotopic (exact) mass is 309 g/mol. The number of unbranched alkanes of at least 4 members (excludes halogenated alkanes) is 6. The number of rotatable bonds is 10. The third-order valence-electron chi connectivity index (χ3n) is 5.11. The van der Waals surface area contributed by atoms with Gasteiger partial charge in [-0.2, -0.15) is 0 Å². The van der Waals surface area contributed by atoms with Gasteiger partial charge >= 0.3 is 0 Å². The van der Waals surface area contributed by atoms with Gasteiger partial charge in [0, 0.05) is 18.4 Å². The summed E-state index contributed by atoms with van der Waals surface area (Å²) in [6, 6.07) is 0. The van der Waals surface area contributed by atoms with Crippen molar-refractivity contribution >= 4 is 11.8 Å². The van der Waals surface area contributed by atoms with Crippen LogP contribution >= 0.6 is 0 Å². The molecule has 1 rings (SSSR count). The molecule has 1 saturated heterocycles. The van der Waals surface area contributed by atoms with E-state index in [2.05, 4.69) is 6.92 Å². The highest BCUT2D eigenvalue weighted by atomic mass is 16.2. The van der Waals surface area contributed by atoms with E-state index in [1.165, 1.54) is 43.4 Å². The van der Waals surface area contributed by atoms with E-state index in [0.717, 1.165) is 19.3 Å². The van der Waals surface area contributed by atoms with Crippen LogP contribution in [-0.4, -0.2) is 22.3 Å². The molecule has 1 fully saturated rings. The minimum absolute atomic E-state index is 0.0380. The summed E-state index contributed by atoms with van der Waals surface area (Å²) in [5.74, 6) is 0.353. The summed E-state index contributed by atoms with van der Waals surface area (Å²) in [5.41, 5.74) is -0.335. The van der Waals surface area contributed by atoms with Crippen molar-refractivity contribution < 1.29 is 9.59 Å².